The molecule has 98 valence electrons. The first-order valence-corrected chi connectivity index (χ1v) is 6.71. The normalized spacial score (nSPS) is 18.9. The second-order valence-corrected chi connectivity index (χ2v) is 5.08. The van der Waals surface area contributed by atoms with Gasteiger partial charge in [0.15, 0.2) is 0 Å². The van der Waals surface area contributed by atoms with E-state index in [1.54, 1.807) is 0 Å². The first-order valence-electron chi connectivity index (χ1n) is 6.71. The smallest absolute Gasteiger partial charge is 0.328 e. The number of benzene rings is 1. The summed E-state index contributed by atoms with van der Waals surface area (Å²) in [6.45, 7) is 4.79. The number of para-hydroxylation sites is 1. The van der Waals surface area contributed by atoms with Crippen molar-refractivity contribution in [1.82, 2.24) is 0 Å². The van der Waals surface area contributed by atoms with E-state index in [0.717, 1.165) is 24.9 Å². The van der Waals surface area contributed by atoms with Gasteiger partial charge in [0.25, 0.3) is 0 Å². The van der Waals surface area contributed by atoms with Crippen molar-refractivity contribution in [2.75, 3.05) is 11.9 Å². The van der Waals surface area contributed by atoms with Gasteiger partial charge < -0.3 is 10.1 Å². The molecule has 2 atom stereocenters. The summed E-state index contributed by atoms with van der Waals surface area (Å²) in [4.78, 5) is 11.9. The SMILES string of the molecule is CCCC(C)COC(=O)C1Cc2ccccc2N1. The van der Waals surface area contributed by atoms with Crippen molar-refractivity contribution in [3.63, 3.8) is 0 Å². The highest BCUT2D eigenvalue weighted by molar-refractivity contribution is 5.82. The Balaban J connectivity index is 1.82. The van der Waals surface area contributed by atoms with Gasteiger partial charge in [0.1, 0.15) is 6.04 Å². The summed E-state index contributed by atoms with van der Waals surface area (Å²) in [5.41, 5.74) is 2.25. The molecule has 0 bridgehead atoms. The van der Waals surface area contributed by atoms with Gasteiger partial charge in [-0.3, -0.25) is 0 Å². The highest BCUT2D eigenvalue weighted by atomic mass is 16.5. The summed E-state index contributed by atoms with van der Waals surface area (Å²) in [5, 5.41) is 3.22. The molecule has 2 rings (SSSR count). The molecule has 0 saturated carbocycles. The van der Waals surface area contributed by atoms with Crippen LogP contribution in [0.3, 0.4) is 0 Å². The molecular weight excluding hydrogens is 226 g/mol. The van der Waals surface area contributed by atoms with Crippen LogP contribution in [0.2, 0.25) is 0 Å². The summed E-state index contributed by atoms with van der Waals surface area (Å²) in [6, 6.07) is 7.81. The van der Waals surface area contributed by atoms with Crippen LogP contribution in [0.1, 0.15) is 32.3 Å². The Morgan fingerprint density at radius 1 is 1.50 bits per heavy atom. The van der Waals surface area contributed by atoms with E-state index >= 15 is 0 Å². The number of ether oxygens (including phenoxy) is 1. The van der Waals surface area contributed by atoms with Crippen molar-refractivity contribution in [3.8, 4) is 0 Å². The molecule has 0 aromatic heterocycles. The molecule has 3 nitrogen and oxygen atoms in total. The minimum absolute atomic E-state index is 0.130. The van der Waals surface area contributed by atoms with Crippen molar-refractivity contribution < 1.29 is 9.53 Å². The van der Waals surface area contributed by atoms with Gasteiger partial charge in [-0.2, -0.15) is 0 Å². The number of hydrogen-bond donors (Lipinski definition) is 1. The van der Waals surface area contributed by atoms with Crippen LogP contribution in [0, 0.1) is 5.92 Å². The fraction of sp³-hybridized carbons (Fsp3) is 0.533. The summed E-state index contributed by atoms with van der Waals surface area (Å²) < 4.78 is 5.37. The fourth-order valence-electron chi connectivity index (χ4n) is 2.34. The molecule has 0 radical (unpaired) electrons. The molecule has 0 aliphatic carbocycles. The van der Waals surface area contributed by atoms with E-state index in [0.29, 0.717) is 12.5 Å². The van der Waals surface area contributed by atoms with Crippen LogP contribution < -0.4 is 5.32 Å². The molecule has 0 spiro atoms. The van der Waals surface area contributed by atoms with Gasteiger partial charge in [-0.05, 0) is 24.0 Å². The molecule has 18 heavy (non-hydrogen) atoms. The molecular formula is C15H21NO2. The maximum Gasteiger partial charge on any atom is 0.328 e. The first-order chi connectivity index (χ1) is 8.70. The number of carbonyl (C=O) groups is 1. The van der Waals surface area contributed by atoms with E-state index < -0.39 is 0 Å². The van der Waals surface area contributed by atoms with Crippen LogP contribution in [0.25, 0.3) is 0 Å². The number of carbonyl (C=O) groups excluding carboxylic acids is 1. The van der Waals surface area contributed by atoms with Gasteiger partial charge in [-0.15, -0.1) is 0 Å². The van der Waals surface area contributed by atoms with Crippen molar-refractivity contribution in [2.24, 2.45) is 5.92 Å². The van der Waals surface area contributed by atoms with Gasteiger partial charge >= 0.3 is 5.97 Å². The van der Waals surface area contributed by atoms with E-state index in [1.165, 1.54) is 5.56 Å². The summed E-state index contributed by atoms with van der Waals surface area (Å²) in [5.74, 6) is 0.317. The van der Waals surface area contributed by atoms with Crippen molar-refractivity contribution in [1.29, 1.82) is 0 Å². The first kappa shape index (κ1) is 12.9. The Morgan fingerprint density at radius 3 is 3.00 bits per heavy atom. The number of hydrogen-bond acceptors (Lipinski definition) is 3. The molecule has 1 aliphatic rings. The topological polar surface area (TPSA) is 38.3 Å². The van der Waals surface area contributed by atoms with Gasteiger partial charge in [0, 0.05) is 12.1 Å². The number of fused-ring (bicyclic) bond motifs is 1. The molecule has 0 amide bonds. The van der Waals surface area contributed by atoms with Crippen LogP contribution >= 0.6 is 0 Å². The fourth-order valence-corrected chi connectivity index (χ4v) is 2.34. The summed E-state index contributed by atoms with van der Waals surface area (Å²) >= 11 is 0. The van der Waals surface area contributed by atoms with Crippen LogP contribution in [0.5, 0.6) is 0 Å². The van der Waals surface area contributed by atoms with Crippen molar-refractivity contribution in [2.45, 2.75) is 39.2 Å². The zero-order valence-electron chi connectivity index (χ0n) is 11.1. The lowest BCUT2D eigenvalue weighted by molar-refractivity contribution is -0.145. The Hall–Kier alpha value is -1.51. The Bertz CT molecular complexity index is 392. The molecule has 1 aromatic carbocycles. The average Bonchev–Trinajstić information content (AvgIpc) is 2.80. The second kappa shape index (κ2) is 5.89. The number of rotatable bonds is 5. The molecule has 1 aromatic rings. The zero-order chi connectivity index (χ0) is 13.0. The monoisotopic (exact) mass is 247 g/mol. The van der Waals surface area contributed by atoms with Crippen LogP contribution in [0.15, 0.2) is 24.3 Å². The van der Waals surface area contributed by atoms with Crippen LogP contribution in [-0.4, -0.2) is 18.6 Å². The standard InChI is InChI=1S/C15H21NO2/c1-3-6-11(2)10-18-15(17)14-9-12-7-4-5-8-13(12)16-14/h4-5,7-8,11,14,16H,3,6,9-10H2,1-2H3. The van der Waals surface area contributed by atoms with Crippen LogP contribution in [-0.2, 0) is 16.0 Å². The van der Waals surface area contributed by atoms with E-state index in [2.05, 4.69) is 25.2 Å². The maximum atomic E-state index is 11.9. The maximum absolute atomic E-state index is 11.9. The highest BCUT2D eigenvalue weighted by Gasteiger charge is 2.27. The third-order valence-electron chi connectivity index (χ3n) is 3.35. The lowest BCUT2D eigenvalue weighted by Gasteiger charge is -2.14. The number of esters is 1. The van der Waals surface area contributed by atoms with Crippen LogP contribution in [0.4, 0.5) is 5.69 Å². The third kappa shape index (κ3) is 3.03. The number of nitrogens with one attached hydrogen (secondary N) is 1. The zero-order valence-corrected chi connectivity index (χ0v) is 11.1. The largest absolute Gasteiger partial charge is 0.464 e. The van der Waals surface area contributed by atoms with Gasteiger partial charge in [0.05, 0.1) is 6.61 Å². The predicted molar refractivity (Wildman–Crippen MR) is 72.6 cm³/mol. The van der Waals surface area contributed by atoms with E-state index in [-0.39, 0.29) is 12.0 Å². The summed E-state index contributed by atoms with van der Waals surface area (Å²) in [7, 11) is 0. The minimum Gasteiger partial charge on any atom is -0.464 e. The summed E-state index contributed by atoms with van der Waals surface area (Å²) in [6.07, 6.45) is 2.97. The molecule has 1 aliphatic heterocycles. The second-order valence-electron chi connectivity index (χ2n) is 5.08. The Labute approximate surface area is 109 Å². The van der Waals surface area contributed by atoms with Crippen molar-refractivity contribution >= 4 is 11.7 Å². The van der Waals surface area contributed by atoms with Gasteiger partial charge in [0.2, 0.25) is 0 Å². The molecule has 2 unspecified atom stereocenters. The Morgan fingerprint density at radius 2 is 2.28 bits per heavy atom. The third-order valence-corrected chi connectivity index (χ3v) is 3.35. The lowest BCUT2D eigenvalue weighted by atomic mass is 10.1. The van der Waals surface area contributed by atoms with E-state index in [9.17, 15) is 4.79 Å². The van der Waals surface area contributed by atoms with E-state index in [1.807, 2.05) is 18.2 Å². The molecule has 0 fully saturated rings. The number of anilines is 1. The molecule has 0 saturated heterocycles. The predicted octanol–water partition coefficient (Wildman–Crippen LogP) is 3.00. The lowest BCUT2D eigenvalue weighted by Crippen LogP contribution is -2.30. The Kier molecular flexibility index (Phi) is 4.24. The van der Waals surface area contributed by atoms with Gasteiger partial charge in [-0.1, -0.05) is 38.5 Å². The molecule has 3 heteroatoms. The molecule has 1 heterocycles. The average molecular weight is 247 g/mol. The quantitative estimate of drug-likeness (QED) is 0.813. The highest BCUT2D eigenvalue weighted by Crippen LogP contribution is 2.25. The van der Waals surface area contributed by atoms with E-state index in [4.69, 9.17) is 4.74 Å². The van der Waals surface area contributed by atoms with Crippen molar-refractivity contribution in [3.05, 3.63) is 29.8 Å². The molecule has 1 N–H and O–H groups in total. The minimum atomic E-state index is -0.212. The van der Waals surface area contributed by atoms with Gasteiger partial charge in [-0.25, -0.2) is 4.79 Å².